The number of nitrogens with one attached hydrogen (secondary N) is 2. The molecule has 0 atom stereocenters. The minimum Gasteiger partial charge on any atom is -0.360 e. The molecule has 1 amide bonds. The second-order valence-electron chi connectivity index (χ2n) is 5.90. The number of carbonyl (C=O) groups excluding carboxylic acids is 1. The summed E-state index contributed by atoms with van der Waals surface area (Å²) in [5, 5.41) is 9.35. The molecule has 0 fully saturated rings. The second-order valence-corrected chi connectivity index (χ2v) is 7.82. The number of nitrogens with zero attached hydrogens (tertiary/aromatic N) is 3. The molecule has 0 spiro atoms. The molecule has 138 valence electrons. The Labute approximate surface area is 162 Å². The van der Waals surface area contributed by atoms with Gasteiger partial charge in [0.05, 0.1) is 21.9 Å². The first-order valence-corrected chi connectivity index (χ1v) is 10.2. The molecule has 4 aromatic rings. The van der Waals surface area contributed by atoms with Gasteiger partial charge in [-0.05, 0) is 23.6 Å². The molecule has 0 aliphatic heterocycles. The van der Waals surface area contributed by atoms with Crippen LogP contribution in [0.2, 0.25) is 0 Å². The summed E-state index contributed by atoms with van der Waals surface area (Å²) >= 11 is 3.02. The number of aromatic nitrogens is 3. The summed E-state index contributed by atoms with van der Waals surface area (Å²) in [5.74, 6) is -0.0987. The zero-order chi connectivity index (χ0) is 18.6. The fourth-order valence-electron chi connectivity index (χ4n) is 2.68. The molecule has 0 aliphatic carbocycles. The molecule has 3 heterocycles. The van der Waals surface area contributed by atoms with Gasteiger partial charge in [0.2, 0.25) is 5.91 Å². The van der Waals surface area contributed by atoms with Gasteiger partial charge >= 0.3 is 0 Å². The molecule has 0 saturated carbocycles. The molecule has 0 bridgehead atoms. The first-order valence-electron chi connectivity index (χ1n) is 8.49. The van der Waals surface area contributed by atoms with Crippen molar-refractivity contribution >= 4 is 54.1 Å². The number of para-hydroxylation sites is 1. The standard InChI is InChI=1S/C18H17N5O2S2/c24-15(5-9-23-11-21-16-12(17(23)25)6-10-26-16)19-7-8-20-18-22-13-3-1-2-4-14(13)27-18/h1-4,6,10-11H,5,7-9H2,(H,19,24)(H,20,22). The summed E-state index contributed by atoms with van der Waals surface area (Å²) < 4.78 is 2.61. The number of amides is 1. The van der Waals surface area contributed by atoms with Crippen molar-refractivity contribution in [2.45, 2.75) is 13.0 Å². The summed E-state index contributed by atoms with van der Waals surface area (Å²) in [6, 6.07) is 9.72. The van der Waals surface area contributed by atoms with Crippen LogP contribution in [-0.4, -0.2) is 33.5 Å². The van der Waals surface area contributed by atoms with Crippen LogP contribution in [0, 0.1) is 0 Å². The van der Waals surface area contributed by atoms with Crippen LogP contribution in [0.15, 0.2) is 46.8 Å². The molecular formula is C18H17N5O2S2. The number of rotatable bonds is 7. The van der Waals surface area contributed by atoms with Crippen molar-refractivity contribution in [3.63, 3.8) is 0 Å². The molecule has 9 heteroatoms. The maximum Gasteiger partial charge on any atom is 0.262 e. The highest BCUT2D eigenvalue weighted by molar-refractivity contribution is 7.22. The van der Waals surface area contributed by atoms with Crippen LogP contribution in [-0.2, 0) is 11.3 Å². The molecule has 0 unspecified atom stereocenters. The topological polar surface area (TPSA) is 88.9 Å². The van der Waals surface area contributed by atoms with Gasteiger partial charge in [0.25, 0.3) is 5.56 Å². The molecule has 0 saturated heterocycles. The number of carbonyl (C=O) groups is 1. The molecule has 1 aromatic carbocycles. The van der Waals surface area contributed by atoms with Crippen molar-refractivity contribution in [1.82, 2.24) is 19.9 Å². The number of hydrogen-bond donors (Lipinski definition) is 2. The van der Waals surface area contributed by atoms with Crippen molar-refractivity contribution in [3.8, 4) is 0 Å². The number of hydrogen-bond acceptors (Lipinski definition) is 7. The summed E-state index contributed by atoms with van der Waals surface area (Å²) in [7, 11) is 0. The molecule has 0 radical (unpaired) electrons. The minimum absolute atomic E-state index is 0.0987. The van der Waals surface area contributed by atoms with Crippen molar-refractivity contribution in [2.75, 3.05) is 18.4 Å². The lowest BCUT2D eigenvalue weighted by molar-refractivity contribution is -0.121. The third-order valence-corrected chi connectivity index (χ3v) is 5.86. The van der Waals surface area contributed by atoms with Crippen LogP contribution in [0.3, 0.4) is 0 Å². The van der Waals surface area contributed by atoms with Gasteiger partial charge in [-0.1, -0.05) is 23.5 Å². The zero-order valence-electron chi connectivity index (χ0n) is 14.3. The highest BCUT2D eigenvalue weighted by Gasteiger charge is 2.07. The van der Waals surface area contributed by atoms with Crippen molar-refractivity contribution in [2.24, 2.45) is 0 Å². The summed E-state index contributed by atoms with van der Waals surface area (Å²) in [6.07, 6.45) is 1.74. The SMILES string of the molecule is O=C(CCn1cnc2sccc2c1=O)NCCNc1nc2ccccc2s1. The van der Waals surface area contributed by atoms with Crippen LogP contribution in [0.4, 0.5) is 5.13 Å². The summed E-state index contributed by atoms with van der Waals surface area (Å²) in [4.78, 5) is 33.7. The van der Waals surface area contributed by atoms with Crippen LogP contribution in [0.5, 0.6) is 0 Å². The summed E-state index contributed by atoms with van der Waals surface area (Å²) in [5.41, 5.74) is 0.863. The van der Waals surface area contributed by atoms with E-state index >= 15 is 0 Å². The predicted octanol–water partition coefficient (Wildman–Crippen LogP) is 2.69. The van der Waals surface area contributed by atoms with Crippen LogP contribution < -0.4 is 16.2 Å². The molecule has 27 heavy (non-hydrogen) atoms. The van der Waals surface area contributed by atoms with E-state index in [2.05, 4.69) is 20.6 Å². The lowest BCUT2D eigenvalue weighted by atomic mass is 10.3. The van der Waals surface area contributed by atoms with Gasteiger partial charge in [-0.15, -0.1) is 11.3 Å². The summed E-state index contributed by atoms with van der Waals surface area (Å²) in [6.45, 7) is 1.40. The first kappa shape index (κ1) is 17.6. The van der Waals surface area contributed by atoms with Crippen molar-refractivity contribution in [3.05, 3.63) is 52.4 Å². The Morgan fingerprint density at radius 1 is 1.19 bits per heavy atom. The highest BCUT2D eigenvalue weighted by atomic mass is 32.1. The molecule has 4 rings (SSSR count). The zero-order valence-corrected chi connectivity index (χ0v) is 16.0. The molecular weight excluding hydrogens is 382 g/mol. The first-order chi connectivity index (χ1) is 13.2. The van der Waals surface area contributed by atoms with E-state index in [1.54, 1.807) is 17.4 Å². The number of fused-ring (bicyclic) bond motifs is 2. The van der Waals surface area contributed by atoms with Crippen molar-refractivity contribution in [1.29, 1.82) is 0 Å². The van der Waals surface area contributed by atoms with E-state index in [0.717, 1.165) is 20.2 Å². The Bertz CT molecular complexity index is 1110. The second kappa shape index (κ2) is 7.85. The van der Waals surface area contributed by atoms with Gasteiger partial charge < -0.3 is 10.6 Å². The Morgan fingerprint density at radius 3 is 2.96 bits per heavy atom. The number of thiophene rings is 1. The monoisotopic (exact) mass is 399 g/mol. The number of benzene rings is 1. The van der Waals surface area contributed by atoms with Crippen molar-refractivity contribution < 1.29 is 4.79 Å². The smallest absolute Gasteiger partial charge is 0.262 e. The van der Waals surface area contributed by atoms with E-state index in [1.807, 2.05) is 29.6 Å². The van der Waals surface area contributed by atoms with E-state index in [4.69, 9.17) is 0 Å². The van der Waals surface area contributed by atoms with Crippen LogP contribution >= 0.6 is 22.7 Å². The molecule has 7 nitrogen and oxygen atoms in total. The van der Waals surface area contributed by atoms with Gasteiger partial charge in [-0.2, -0.15) is 0 Å². The molecule has 2 N–H and O–H groups in total. The lowest BCUT2D eigenvalue weighted by Gasteiger charge is -2.07. The fraction of sp³-hybridized carbons (Fsp3) is 0.222. The third-order valence-electron chi connectivity index (χ3n) is 4.05. The number of thiazole rings is 1. The Kier molecular flexibility index (Phi) is 5.12. The number of aryl methyl sites for hydroxylation is 1. The normalized spacial score (nSPS) is 11.1. The Hall–Kier alpha value is -2.78. The maximum atomic E-state index is 12.3. The molecule has 0 aliphatic rings. The average molecular weight is 400 g/mol. The van der Waals surface area contributed by atoms with Gasteiger partial charge in [0.1, 0.15) is 4.83 Å². The molecule has 3 aromatic heterocycles. The van der Waals surface area contributed by atoms with Crippen LogP contribution in [0.25, 0.3) is 20.4 Å². The Morgan fingerprint density at radius 2 is 2.07 bits per heavy atom. The predicted molar refractivity (Wildman–Crippen MR) is 110 cm³/mol. The van der Waals surface area contributed by atoms with Gasteiger partial charge in [0.15, 0.2) is 5.13 Å². The minimum atomic E-state index is -0.105. The average Bonchev–Trinajstić information content (AvgIpc) is 3.31. The fourth-order valence-corrected chi connectivity index (χ4v) is 4.30. The Balaban J connectivity index is 1.23. The van der Waals surface area contributed by atoms with E-state index in [1.165, 1.54) is 22.2 Å². The largest absolute Gasteiger partial charge is 0.360 e. The van der Waals surface area contributed by atoms with E-state index < -0.39 is 0 Å². The quantitative estimate of drug-likeness (QED) is 0.467. The van der Waals surface area contributed by atoms with Gasteiger partial charge in [0, 0.05) is 26.1 Å². The number of anilines is 1. The van der Waals surface area contributed by atoms with Gasteiger partial charge in [-0.25, -0.2) is 9.97 Å². The maximum absolute atomic E-state index is 12.3. The van der Waals surface area contributed by atoms with E-state index in [-0.39, 0.29) is 17.9 Å². The van der Waals surface area contributed by atoms with E-state index in [9.17, 15) is 9.59 Å². The van der Waals surface area contributed by atoms with E-state index in [0.29, 0.717) is 25.0 Å². The third kappa shape index (κ3) is 3.99. The lowest BCUT2D eigenvalue weighted by Crippen LogP contribution is -2.30. The van der Waals surface area contributed by atoms with Gasteiger partial charge in [-0.3, -0.25) is 14.2 Å². The van der Waals surface area contributed by atoms with Crippen LogP contribution in [0.1, 0.15) is 6.42 Å². The highest BCUT2D eigenvalue weighted by Crippen LogP contribution is 2.24.